The summed E-state index contributed by atoms with van der Waals surface area (Å²) in [5.41, 5.74) is -4.11. The zero-order chi connectivity index (χ0) is 41.5. The van der Waals surface area contributed by atoms with Crippen molar-refractivity contribution in [3.8, 4) is 0 Å². The first-order valence-electron chi connectivity index (χ1n) is 20.6. The minimum atomic E-state index is -1.56. The number of aliphatic hydroxyl groups is 4. The summed E-state index contributed by atoms with van der Waals surface area (Å²) in [4.78, 5) is 18.6. The Morgan fingerprint density at radius 2 is 1.60 bits per heavy atom. The predicted octanol–water partition coefficient (Wildman–Crippen LogP) is 3.29. The van der Waals surface area contributed by atoms with Crippen molar-refractivity contribution in [1.29, 1.82) is 0 Å². The van der Waals surface area contributed by atoms with E-state index in [0.29, 0.717) is 12.8 Å². The molecular formula is C41H76N2O12. The van der Waals surface area contributed by atoms with Gasteiger partial charge in [0.05, 0.1) is 47.6 Å². The normalized spacial score (nSPS) is 49.8. The molecule has 4 fully saturated rings. The smallest absolute Gasteiger partial charge is 0.311 e. The molecule has 0 aliphatic carbocycles. The molecule has 0 radical (unpaired) electrons. The van der Waals surface area contributed by atoms with E-state index in [1.54, 1.807) is 34.6 Å². The highest BCUT2D eigenvalue weighted by atomic mass is 16.7. The summed E-state index contributed by atoms with van der Waals surface area (Å²) in [6, 6.07) is -0.306. The molecule has 14 nitrogen and oxygen atoms in total. The quantitative estimate of drug-likeness (QED) is 0.265. The first kappa shape index (κ1) is 46.7. The zero-order valence-corrected chi connectivity index (χ0v) is 36.3. The van der Waals surface area contributed by atoms with Crippen LogP contribution < -0.4 is 0 Å². The first-order chi connectivity index (χ1) is 25.4. The molecule has 4 heterocycles. The molecule has 4 aliphatic heterocycles. The third-order valence-electron chi connectivity index (χ3n) is 13.5. The van der Waals surface area contributed by atoms with Gasteiger partial charge in [0.15, 0.2) is 12.6 Å². The average molecular weight is 789 g/mol. The molecule has 4 aliphatic rings. The van der Waals surface area contributed by atoms with Crippen molar-refractivity contribution in [2.45, 2.75) is 205 Å². The zero-order valence-electron chi connectivity index (χ0n) is 36.3. The number of methoxy groups -OCH3 is 1. The second kappa shape index (κ2) is 18.1. The molecule has 4 saturated heterocycles. The summed E-state index contributed by atoms with van der Waals surface area (Å²) < 4.78 is 44.6. The van der Waals surface area contributed by atoms with Crippen LogP contribution in [0.4, 0.5) is 0 Å². The number of hydrogen-bond donors (Lipinski definition) is 4. The lowest BCUT2D eigenvalue weighted by atomic mass is 9.71. The second-order valence-electron chi connectivity index (χ2n) is 18.6. The average Bonchev–Trinajstić information content (AvgIpc) is 3.09. The number of carbonyl (C=O) groups is 1. The van der Waals surface area contributed by atoms with Gasteiger partial charge in [0.2, 0.25) is 0 Å². The number of ether oxygens (including phenoxy) is 7. The Kier molecular flexibility index (Phi) is 15.3. The fraction of sp³-hybridized carbons (Fsp3) is 0.976. The molecule has 4 rings (SSSR count). The Hall–Kier alpha value is -1.01. The maximum atomic E-state index is 14.4. The van der Waals surface area contributed by atoms with Crippen LogP contribution in [0.5, 0.6) is 0 Å². The van der Waals surface area contributed by atoms with Gasteiger partial charge in [0.25, 0.3) is 0 Å². The third kappa shape index (κ3) is 9.73. The van der Waals surface area contributed by atoms with Crippen molar-refractivity contribution in [3.63, 3.8) is 0 Å². The molecule has 4 N–H and O–H groups in total. The lowest BCUT2D eigenvalue weighted by Crippen LogP contribution is -2.66. The van der Waals surface area contributed by atoms with E-state index in [1.807, 2.05) is 39.8 Å². The first-order valence-corrected chi connectivity index (χ1v) is 20.6. The Labute approximate surface area is 330 Å². The Bertz CT molecular complexity index is 1250. The lowest BCUT2D eigenvalue weighted by Gasteiger charge is -2.54. The van der Waals surface area contributed by atoms with Gasteiger partial charge >= 0.3 is 5.97 Å². The molecule has 322 valence electrons. The molecule has 2 bridgehead atoms. The standard InChI is InChI=1S/C41H76N2O12/c1-16-29-41(12,48)36-24(6)31(43(20-50-36)21(2)3)22(4)18-39(10,47)35(55-38-32(44)28(42(13)14)17-23(5)51-38)25(7)33(26(8)37(46)53-29)54-30-19-40(11,49-15)34(45)27(9)52-30/h21-36,38,44-45,47-48H,16-20H2,1-15H3/t22-,23?,24+,25+,26-,27?,28?,29-,30?,31+,32?,33+,34?,35-,36-,38?,39-,40?,41-/m1/s1. The largest absolute Gasteiger partial charge is 0.459 e. The summed E-state index contributed by atoms with van der Waals surface area (Å²) in [6.45, 7) is 22.9. The number of nitrogens with zero attached hydrogens (tertiary/aromatic N) is 2. The highest BCUT2D eigenvalue weighted by Crippen LogP contribution is 2.44. The number of rotatable bonds is 8. The maximum Gasteiger partial charge on any atom is 0.311 e. The van der Waals surface area contributed by atoms with Gasteiger partial charge in [-0.25, -0.2) is 0 Å². The second-order valence-corrected chi connectivity index (χ2v) is 18.6. The molecule has 0 spiro atoms. The van der Waals surface area contributed by atoms with E-state index in [2.05, 4.69) is 32.6 Å². The van der Waals surface area contributed by atoms with Crippen LogP contribution >= 0.6 is 0 Å². The maximum absolute atomic E-state index is 14.4. The van der Waals surface area contributed by atoms with Crippen LogP contribution in [-0.4, -0.2) is 160 Å². The molecule has 19 atom stereocenters. The molecule has 0 aromatic carbocycles. The summed E-state index contributed by atoms with van der Waals surface area (Å²) in [5, 5.41) is 47.8. The fourth-order valence-electron chi connectivity index (χ4n) is 10.3. The number of cyclic esters (lactones) is 1. The molecule has 0 saturated carbocycles. The van der Waals surface area contributed by atoms with E-state index in [4.69, 9.17) is 33.2 Å². The highest BCUT2D eigenvalue weighted by molar-refractivity contribution is 5.73. The van der Waals surface area contributed by atoms with E-state index < -0.39 is 89.9 Å². The van der Waals surface area contributed by atoms with Crippen LogP contribution in [-0.2, 0) is 38.0 Å². The predicted molar refractivity (Wildman–Crippen MR) is 206 cm³/mol. The van der Waals surface area contributed by atoms with Crippen molar-refractivity contribution in [3.05, 3.63) is 0 Å². The minimum absolute atomic E-state index is 0.0958. The highest BCUT2D eigenvalue weighted by Gasteiger charge is 2.56. The van der Waals surface area contributed by atoms with E-state index in [9.17, 15) is 25.2 Å². The van der Waals surface area contributed by atoms with Crippen LogP contribution in [0, 0.1) is 23.7 Å². The molecule has 0 amide bonds. The monoisotopic (exact) mass is 789 g/mol. The Morgan fingerprint density at radius 1 is 0.964 bits per heavy atom. The molecular weight excluding hydrogens is 712 g/mol. The molecule has 8 unspecified atom stereocenters. The van der Waals surface area contributed by atoms with Gasteiger partial charge in [-0.2, -0.15) is 0 Å². The summed E-state index contributed by atoms with van der Waals surface area (Å²) >= 11 is 0. The van der Waals surface area contributed by atoms with E-state index in [1.165, 1.54) is 7.11 Å². The van der Waals surface area contributed by atoms with Crippen LogP contribution in [0.25, 0.3) is 0 Å². The number of aliphatic hydroxyl groups excluding tert-OH is 2. The third-order valence-corrected chi connectivity index (χ3v) is 13.5. The van der Waals surface area contributed by atoms with Crippen molar-refractivity contribution < 1.29 is 58.4 Å². The molecule has 14 heteroatoms. The van der Waals surface area contributed by atoms with E-state index >= 15 is 0 Å². The van der Waals surface area contributed by atoms with E-state index in [0.717, 1.165) is 0 Å². The van der Waals surface area contributed by atoms with Crippen molar-refractivity contribution in [1.82, 2.24) is 9.80 Å². The van der Waals surface area contributed by atoms with Gasteiger partial charge in [0, 0.05) is 43.5 Å². The van der Waals surface area contributed by atoms with Crippen LogP contribution in [0.3, 0.4) is 0 Å². The Morgan fingerprint density at radius 3 is 2.16 bits per heavy atom. The number of esters is 1. The number of carbonyl (C=O) groups excluding carboxylic acids is 1. The molecule has 0 aromatic rings. The number of likely N-dealkylation sites (N-methyl/N-ethyl adjacent to an activating group) is 1. The van der Waals surface area contributed by atoms with Crippen molar-refractivity contribution >= 4 is 5.97 Å². The summed E-state index contributed by atoms with van der Waals surface area (Å²) in [5.74, 6) is -2.66. The minimum Gasteiger partial charge on any atom is -0.459 e. The van der Waals surface area contributed by atoms with E-state index in [-0.39, 0.29) is 55.6 Å². The van der Waals surface area contributed by atoms with Crippen LogP contribution in [0.2, 0.25) is 0 Å². The van der Waals surface area contributed by atoms with Gasteiger partial charge < -0.3 is 58.5 Å². The Balaban J connectivity index is 1.87. The molecule has 55 heavy (non-hydrogen) atoms. The number of hydrogen-bond acceptors (Lipinski definition) is 14. The van der Waals surface area contributed by atoms with Crippen molar-refractivity contribution in [2.24, 2.45) is 23.7 Å². The van der Waals surface area contributed by atoms with Gasteiger partial charge in [-0.1, -0.05) is 27.7 Å². The fourth-order valence-corrected chi connectivity index (χ4v) is 10.3. The van der Waals surface area contributed by atoms with Crippen LogP contribution in [0.1, 0.15) is 109 Å². The van der Waals surface area contributed by atoms with Gasteiger partial charge in [-0.15, -0.1) is 0 Å². The van der Waals surface area contributed by atoms with Crippen LogP contribution in [0.15, 0.2) is 0 Å². The number of fused-ring (bicyclic) bond motifs is 2. The van der Waals surface area contributed by atoms with Gasteiger partial charge in [-0.3, -0.25) is 9.69 Å². The van der Waals surface area contributed by atoms with Gasteiger partial charge in [0.1, 0.15) is 30.6 Å². The summed E-state index contributed by atoms with van der Waals surface area (Å²) in [6.07, 6.45) is -7.13. The topological polar surface area (TPSA) is 169 Å². The van der Waals surface area contributed by atoms with Crippen molar-refractivity contribution in [2.75, 3.05) is 27.9 Å². The lowest BCUT2D eigenvalue weighted by molar-refractivity contribution is -0.319. The summed E-state index contributed by atoms with van der Waals surface area (Å²) in [7, 11) is 5.34. The molecule has 0 aromatic heterocycles. The SMILES string of the molecule is CC[C@H]1OC(=O)[C@H](C)[C@@H](OC2CC(C)(OC)C(O)C(C)O2)[C@H](C)[C@@H](OC2OC(C)CC(N(C)C)C2O)[C@](C)(O)C[C@@H](C)[C@H]2[C@H](C)[C@@H](OCN2C(C)C)[C@]1(C)O. The van der Waals surface area contributed by atoms with Gasteiger partial charge in [-0.05, 0) is 94.7 Å².